The first-order valence-electron chi connectivity index (χ1n) is 6.45. The second-order valence-corrected chi connectivity index (χ2v) is 4.78. The van der Waals surface area contributed by atoms with E-state index < -0.39 is 6.10 Å². The van der Waals surface area contributed by atoms with Crippen molar-refractivity contribution in [3.63, 3.8) is 0 Å². The van der Waals surface area contributed by atoms with Crippen molar-refractivity contribution in [1.82, 2.24) is 20.3 Å². The molecule has 2 aromatic rings. The van der Waals surface area contributed by atoms with Crippen LogP contribution in [-0.2, 0) is 20.0 Å². The minimum atomic E-state index is -0.413. The molecule has 0 aliphatic carbocycles. The van der Waals surface area contributed by atoms with Crippen LogP contribution < -0.4 is 5.32 Å². The summed E-state index contributed by atoms with van der Waals surface area (Å²) in [6.45, 7) is 2.63. The van der Waals surface area contributed by atoms with E-state index in [-0.39, 0.29) is 6.04 Å². The Kier molecular flexibility index (Phi) is 4.65. The lowest BCUT2D eigenvalue weighted by Gasteiger charge is -2.20. The average molecular weight is 260 g/mol. The summed E-state index contributed by atoms with van der Waals surface area (Å²) in [5, 5.41) is 21.2. The number of nitrogens with one attached hydrogen (secondary N) is 1. The Labute approximate surface area is 113 Å². The van der Waals surface area contributed by atoms with Crippen LogP contribution in [0.5, 0.6) is 0 Å². The third-order valence-corrected chi connectivity index (χ3v) is 3.28. The van der Waals surface area contributed by atoms with Crippen LogP contribution in [0.3, 0.4) is 0 Å². The second kappa shape index (κ2) is 6.45. The maximum Gasteiger partial charge on any atom is 0.0738 e. The Bertz CT molecular complexity index is 497. The number of aryl methyl sites for hydroxylation is 1. The molecule has 1 aromatic carbocycles. The fourth-order valence-corrected chi connectivity index (χ4v) is 1.90. The molecule has 0 aliphatic heterocycles. The van der Waals surface area contributed by atoms with Gasteiger partial charge in [-0.25, -0.2) is 0 Å². The lowest BCUT2D eigenvalue weighted by atomic mass is 10.0. The van der Waals surface area contributed by atoms with E-state index in [1.165, 1.54) is 0 Å². The third kappa shape index (κ3) is 3.87. The molecule has 1 aromatic heterocycles. The van der Waals surface area contributed by atoms with Crippen molar-refractivity contribution in [2.75, 3.05) is 0 Å². The number of benzene rings is 1. The number of aliphatic hydroxyl groups is 1. The summed E-state index contributed by atoms with van der Waals surface area (Å²) >= 11 is 0. The highest BCUT2D eigenvalue weighted by atomic mass is 16.3. The quantitative estimate of drug-likeness (QED) is 0.810. The summed E-state index contributed by atoms with van der Waals surface area (Å²) in [6, 6.07) is 10.0. The molecule has 0 radical (unpaired) electrons. The maximum atomic E-state index is 10.2. The number of hydrogen-bond acceptors (Lipinski definition) is 4. The molecule has 0 aliphatic rings. The van der Waals surface area contributed by atoms with Crippen molar-refractivity contribution >= 4 is 0 Å². The first kappa shape index (κ1) is 13.7. The van der Waals surface area contributed by atoms with Gasteiger partial charge in [-0.1, -0.05) is 35.5 Å². The van der Waals surface area contributed by atoms with Crippen molar-refractivity contribution < 1.29 is 5.11 Å². The summed E-state index contributed by atoms with van der Waals surface area (Å²) < 4.78 is 1.73. The molecule has 0 bridgehead atoms. The van der Waals surface area contributed by atoms with Crippen molar-refractivity contribution in [3.05, 3.63) is 47.8 Å². The minimum absolute atomic E-state index is 0.00936. The van der Waals surface area contributed by atoms with Gasteiger partial charge in [-0.3, -0.25) is 4.68 Å². The smallest absolute Gasteiger partial charge is 0.0738 e. The molecule has 0 spiro atoms. The van der Waals surface area contributed by atoms with Gasteiger partial charge in [-0.05, 0) is 18.9 Å². The lowest BCUT2D eigenvalue weighted by molar-refractivity contribution is 0.133. The zero-order chi connectivity index (χ0) is 13.7. The standard InChI is InChI=1S/C14H20N4O/c1-11(15-9-13-10-16-17-18(13)2)14(19)8-12-6-4-3-5-7-12/h3-7,10-11,14-15,19H,8-9H2,1-2H3. The van der Waals surface area contributed by atoms with Crippen LogP contribution in [0.25, 0.3) is 0 Å². The highest BCUT2D eigenvalue weighted by Crippen LogP contribution is 2.06. The zero-order valence-corrected chi connectivity index (χ0v) is 11.3. The molecule has 0 amide bonds. The number of hydrogen-bond donors (Lipinski definition) is 2. The molecule has 2 atom stereocenters. The van der Waals surface area contributed by atoms with Gasteiger partial charge in [0.25, 0.3) is 0 Å². The van der Waals surface area contributed by atoms with Crippen molar-refractivity contribution in [2.45, 2.75) is 32.0 Å². The van der Waals surface area contributed by atoms with Crippen LogP contribution in [0, 0.1) is 0 Å². The van der Waals surface area contributed by atoms with Crippen LogP contribution in [-0.4, -0.2) is 32.2 Å². The minimum Gasteiger partial charge on any atom is -0.391 e. The first-order chi connectivity index (χ1) is 9.16. The van der Waals surface area contributed by atoms with Crippen molar-refractivity contribution in [1.29, 1.82) is 0 Å². The zero-order valence-electron chi connectivity index (χ0n) is 11.3. The molecular weight excluding hydrogens is 240 g/mol. The monoisotopic (exact) mass is 260 g/mol. The van der Waals surface area contributed by atoms with Gasteiger partial charge < -0.3 is 10.4 Å². The number of aliphatic hydroxyl groups excluding tert-OH is 1. The van der Waals surface area contributed by atoms with Gasteiger partial charge in [0, 0.05) is 19.6 Å². The highest BCUT2D eigenvalue weighted by Gasteiger charge is 2.14. The van der Waals surface area contributed by atoms with E-state index in [1.807, 2.05) is 44.3 Å². The van der Waals surface area contributed by atoms with Crippen molar-refractivity contribution in [2.24, 2.45) is 7.05 Å². The average Bonchev–Trinajstić information content (AvgIpc) is 2.82. The predicted molar refractivity (Wildman–Crippen MR) is 73.5 cm³/mol. The van der Waals surface area contributed by atoms with E-state index in [4.69, 9.17) is 0 Å². The van der Waals surface area contributed by atoms with Gasteiger partial charge in [0.05, 0.1) is 18.0 Å². The summed E-state index contributed by atoms with van der Waals surface area (Å²) in [5.41, 5.74) is 2.14. The Balaban J connectivity index is 1.82. The van der Waals surface area contributed by atoms with Crippen LogP contribution in [0.1, 0.15) is 18.2 Å². The molecule has 2 N–H and O–H groups in total. The number of aromatic nitrogens is 3. The molecule has 19 heavy (non-hydrogen) atoms. The summed E-state index contributed by atoms with van der Waals surface area (Å²) in [6.07, 6.45) is 1.96. The lowest BCUT2D eigenvalue weighted by Crippen LogP contribution is -2.38. The van der Waals surface area contributed by atoms with Gasteiger partial charge in [0.15, 0.2) is 0 Å². The molecular formula is C14H20N4O. The van der Waals surface area contributed by atoms with Gasteiger partial charge >= 0.3 is 0 Å². The Hall–Kier alpha value is -1.72. The van der Waals surface area contributed by atoms with Gasteiger partial charge in [-0.2, -0.15) is 0 Å². The van der Waals surface area contributed by atoms with Crippen LogP contribution in [0.2, 0.25) is 0 Å². The third-order valence-electron chi connectivity index (χ3n) is 3.28. The molecule has 5 heteroatoms. The van der Waals surface area contributed by atoms with Crippen molar-refractivity contribution in [3.8, 4) is 0 Å². The molecule has 0 saturated heterocycles. The second-order valence-electron chi connectivity index (χ2n) is 4.78. The molecule has 0 fully saturated rings. The topological polar surface area (TPSA) is 63.0 Å². The van der Waals surface area contributed by atoms with E-state index in [9.17, 15) is 5.11 Å². The normalized spacial score (nSPS) is 14.3. The Morgan fingerprint density at radius 2 is 2.05 bits per heavy atom. The van der Waals surface area contributed by atoms with Crippen LogP contribution in [0.15, 0.2) is 36.5 Å². The van der Waals surface area contributed by atoms with Crippen LogP contribution >= 0.6 is 0 Å². The summed E-state index contributed by atoms with van der Waals surface area (Å²) in [4.78, 5) is 0. The Morgan fingerprint density at radius 3 is 2.68 bits per heavy atom. The van der Waals surface area contributed by atoms with Gasteiger partial charge in [0.1, 0.15) is 0 Å². The Morgan fingerprint density at radius 1 is 1.32 bits per heavy atom. The highest BCUT2D eigenvalue weighted by molar-refractivity contribution is 5.15. The molecule has 2 unspecified atom stereocenters. The number of rotatable bonds is 6. The predicted octanol–water partition coefficient (Wildman–Crippen LogP) is 0.897. The van der Waals surface area contributed by atoms with E-state index in [2.05, 4.69) is 15.6 Å². The van der Waals surface area contributed by atoms with E-state index in [0.717, 1.165) is 11.3 Å². The number of nitrogens with zero attached hydrogens (tertiary/aromatic N) is 3. The molecule has 1 heterocycles. The van der Waals surface area contributed by atoms with Gasteiger partial charge in [0.2, 0.25) is 0 Å². The van der Waals surface area contributed by atoms with E-state index >= 15 is 0 Å². The fraction of sp³-hybridized carbons (Fsp3) is 0.429. The molecule has 0 saturated carbocycles. The molecule has 102 valence electrons. The first-order valence-corrected chi connectivity index (χ1v) is 6.45. The largest absolute Gasteiger partial charge is 0.391 e. The molecule has 2 rings (SSSR count). The van der Waals surface area contributed by atoms with E-state index in [1.54, 1.807) is 10.9 Å². The SMILES string of the molecule is CC(NCc1cnnn1C)C(O)Cc1ccccc1. The molecule has 5 nitrogen and oxygen atoms in total. The fourth-order valence-electron chi connectivity index (χ4n) is 1.90. The summed E-state index contributed by atoms with van der Waals surface area (Å²) in [5.74, 6) is 0. The van der Waals surface area contributed by atoms with Gasteiger partial charge in [-0.15, -0.1) is 5.10 Å². The maximum absolute atomic E-state index is 10.2. The van der Waals surface area contributed by atoms with E-state index in [0.29, 0.717) is 13.0 Å². The summed E-state index contributed by atoms with van der Waals surface area (Å²) in [7, 11) is 1.86. The van der Waals surface area contributed by atoms with Crippen LogP contribution in [0.4, 0.5) is 0 Å².